The zero-order chi connectivity index (χ0) is 16.8. The van der Waals surface area contributed by atoms with Crippen molar-refractivity contribution in [1.82, 2.24) is 15.2 Å². The van der Waals surface area contributed by atoms with Gasteiger partial charge in [-0.2, -0.15) is 10.2 Å². The van der Waals surface area contributed by atoms with Crippen LogP contribution in [0.5, 0.6) is 0 Å². The van der Waals surface area contributed by atoms with Crippen LogP contribution in [0.25, 0.3) is 0 Å². The number of nitrogens with zero attached hydrogens (tertiary/aromatic N) is 4. The minimum absolute atomic E-state index is 0.00408. The van der Waals surface area contributed by atoms with Crippen LogP contribution >= 0.6 is 0 Å². The summed E-state index contributed by atoms with van der Waals surface area (Å²) in [5.74, 6) is -0.296. The first-order valence-corrected chi connectivity index (χ1v) is 7.09. The third kappa shape index (κ3) is 4.47. The lowest BCUT2D eigenvalue weighted by Crippen LogP contribution is -2.19. The number of carbonyl (C=O) groups is 1. The smallest absolute Gasteiger partial charge is 0.269 e. The van der Waals surface area contributed by atoms with E-state index in [4.69, 9.17) is 0 Å². The molecule has 23 heavy (non-hydrogen) atoms. The number of hydrogen-bond donors (Lipinski definition) is 1. The topological polar surface area (TPSA) is 102 Å². The highest BCUT2D eigenvalue weighted by molar-refractivity contribution is 5.83. The van der Waals surface area contributed by atoms with E-state index < -0.39 is 4.92 Å². The molecule has 0 radical (unpaired) electrons. The van der Waals surface area contributed by atoms with E-state index in [9.17, 15) is 14.9 Å². The summed E-state index contributed by atoms with van der Waals surface area (Å²) in [7, 11) is 0. The average Bonchev–Trinajstić information content (AvgIpc) is 2.88. The van der Waals surface area contributed by atoms with Gasteiger partial charge in [0, 0.05) is 30.4 Å². The van der Waals surface area contributed by atoms with Gasteiger partial charge in [0.2, 0.25) is 5.91 Å². The van der Waals surface area contributed by atoms with Gasteiger partial charge in [0.1, 0.15) is 0 Å². The Balaban J connectivity index is 1.90. The van der Waals surface area contributed by atoms with Crippen molar-refractivity contribution in [2.45, 2.75) is 26.8 Å². The van der Waals surface area contributed by atoms with Gasteiger partial charge in [-0.3, -0.25) is 19.6 Å². The summed E-state index contributed by atoms with van der Waals surface area (Å²) in [6.45, 7) is 4.62. The molecular weight excluding hydrogens is 298 g/mol. The first-order valence-electron chi connectivity index (χ1n) is 7.09. The van der Waals surface area contributed by atoms with Crippen LogP contribution in [0.15, 0.2) is 35.6 Å². The summed E-state index contributed by atoms with van der Waals surface area (Å²) < 4.78 is 1.79. The SMILES string of the molecule is CCn1cc(/C=N/NC(=O)Cc2ccc([N+](=O)[O-])cc2)c(C)n1. The summed E-state index contributed by atoms with van der Waals surface area (Å²) in [5.41, 5.74) is 4.78. The van der Waals surface area contributed by atoms with Crippen molar-refractivity contribution in [2.24, 2.45) is 5.10 Å². The molecule has 0 atom stereocenters. The number of nitro groups is 1. The summed E-state index contributed by atoms with van der Waals surface area (Å²) in [4.78, 5) is 21.9. The maximum atomic E-state index is 11.8. The van der Waals surface area contributed by atoms with Crippen LogP contribution < -0.4 is 5.43 Å². The van der Waals surface area contributed by atoms with Crippen LogP contribution in [0.4, 0.5) is 5.69 Å². The highest BCUT2D eigenvalue weighted by Gasteiger charge is 2.07. The van der Waals surface area contributed by atoms with Crippen LogP contribution in [0.2, 0.25) is 0 Å². The number of rotatable bonds is 6. The highest BCUT2D eigenvalue weighted by atomic mass is 16.6. The molecule has 2 rings (SSSR count). The Morgan fingerprint density at radius 2 is 2.13 bits per heavy atom. The average molecular weight is 315 g/mol. The lowest BCUT2D eigenvalue weighted by Gasteiger charge is -2.00. The van der Waals surface area contributed by atoms with E-state index in [1.807, 2.05) is 20.0 Å². The number of nitro benzene ring substituents is 1. The fourth-order valence-corrected chi connectivity index (χ4v) is 1.96. The van der Waals surface area contributed by atoms with Crippen LogP contribution in [-0.4, -0.2) is 26.8 Å². The van der Waals surface area contributed by atoms with Gasteiger partial charge in [-0.05, 0) is 19.4 Å². The Morgan fingerprint density at radius 1 is 1.43 bits per heavy atom. The molecular formula is C15H17N5O3. The molecule has 0 unspecified atom stereocenters. The predicted octanol–water partition coefficient (Wildman–Crippen LogP) is 1.81. The second-order valence-electron chi connectivity index (χ2n) is 4.92. The minimum Gasteiger partial charge on any atom is -0.273 e. The Labute approximate surface area is 133 Å². The second kappa shape index (κ2) is 7.30. The molecule has 0 bridgehead atoms. The van der Waals surface area contributed by atoms with E-state index in [0.29, 0.717) is 5.56 Å². The summed E-state index contributed by atoms with van der Waals surface area (Å²) >= 11 is 0. The fourth-order valence-electron chi connectivity index (χ4n) is 1.96. The van der Waals surface area contributed by atoms with Crippen molar-refractivity contribution in [3.05, 3.63) is 57.4 Å². The van der Waals surface area contributed by atoms with E-state index in [1.165, 1.54) is 12.1 Å². The number of hydrazone groups is 1. The van der Waals surface area contributed by atoms with E-state index in [-0.39, 0.29) is 18.0 Å². The van der Waals surface area contributed by atoms with Crippen LogP contribution in [0.1, 0.15) is 23.7 Å². The second-order valence-corrected chi connectivity index (χ2v) is 4.92. The molecule has 8 nitrogen and oxygen atoms in total. The molecule has 0 aliphatic heterocycles. The molecule has 2 aromatic rings. The Bertz CT molecular complexity index is 734. The number of non-ortho nitro benzene ring substituents is 1. The first kappa shape index (κ1) is 16.3. The zero-order valence-electron chi connectivity index (χ0n) is 12.9. The third-order valence-electron chi connectivity index (χ3n) is 3.21. The maximum Gasteiger partial charge on any atom is 0.269 e. The molecule has 8 heteroatoms. The predicted molar refractivity (Wildman–Crippen MR) is 85.2 cm³/mol. The van der Waals surface area contributed by atoms with Gasteiger partial charge in [0.05, 0.1) is 23.3 Å². The van der Waals surface area contributed by atoms with Gasteiger partial charge >= 0.3 is 0 Å². The van der Waals surface area contributed by atoms with Gasteiger partial charge in [-0.25, -0.2) is 5.43 Å². The van der Waals surface area contributed by atoms with E-state index >= 15 is 0 Å². The summed E-state index contributed by atoms with van der Waals surface area (Å²) in [6, 6.07) is 5.84. The number of aryl methyl sites for hydroxylation is 2. The van der Waals surface area contributed by atoms with Crippen molar-refractivity contribution in [3.8, 4) is 0 Å². The molecule has 120 valence electrons. The molecule has 0 saturated carbocycles. The monoisotopic (exact) mass is 315 g/mol. The molecule has 1 aromatic heterocycles. The number of amides is 1. The normalized spacial score (nSPS) is 10.9. The largest absolute Gasteiger partial charge is 0.273 e. The van der Waals surface area contributed by atoms with Gasteiger partial charge < -0.3 is 0 Å². The zero-order valence-corrected chi connectivity index (χ0v) is 12.9. The van der Waals surface area contributed by atoms with E-state index in [1.54, 1.807) is 23.0 Å². The number of benzene rings is 1. The molecule has 0 fully saturated rings. The number of hydrogen-bond acceptors (Lipinski definition) is 5. The van der Waals surface area contributed by atoms with E-state index in [2.05, 4.69) is 15.6 Å². The summed E-state index contributed by atoms with van der Waals surface area (Å²) in [6.07, 6.45) is 3.49. The highest BCUT2D eigenvalue weighted by Crippen LogP contribution is 2.12. The molecule has 1 aromatic carbocycles. The van der Waals surface area contributed by atoms with Crippen LogP contribution in [-0.2, 0) is 17.8 Å². The standard InChI is InChI=1S/C15H17N5O3/c1-3-19-10-13(11(2)18-19)9-16-17-15(21)8-12-4-6-14(7-5-12)20(22)23/h4-7,9-10H,3,8H2,1-2H3,(H,17,21)/b16-9+. The van der Waals surface area contributed by atoms with Gasteiger partial charge in [0.15, 0.2) is 0 Å². The van der Waals surface area contributed by atoms with E-state index in [0.717, 1.165) is 17.8 Å². The van der Waals surface area contributed by atoms with Crippen molar-refractivity contribution in [1.29, 1.82) is 0 Å². The molecule has 1 amide bonds. The fraction of sp³-hybridized carbons (Fsp3) is 0.267. The lowest BCUT2D eigenvalue weighted by atomic mass is 10.1. The third-order valence-corrected chi connectivity index (χ3v) is 3.21. The van der Waals surface area contributed by atoms with Gasteiger partial charge in [-0.1, -0.05) is 12.1 Å². The number of aromatic nitrogens is 2. The molecule has 0 aliphatic rings. The van der Waals surface area contributed by atoms with Gasteiger partial charge in [-0.15, -0.1) is 0 Å². The quantitative estimate of drug-likeness (QED) is 0.499. The molecule has 1 heterocycles. The minimum atomic E-state index is -0.479. The van der Waals surface area contributed by atoms with Crippen molar-refractivity contribution < 1.29 is 9.72 Å². The maximum absolute atomic E-state index is 11.8. The number of nitrogens with one attached hydrogen (secondary N) is 1. The molecule has 0 aliphatic carbocycles. The van der Waals surface area contributed by atoms with Gasteiger partial charge in [0.25, 0.3) is 5.69 Å². The summed E-state index contributed by atoms with van der Waals surface area (Å²) in [5, 5.41) is 18.7. The van der Waals surface area contributed by atoms with Crippen molar-refractivity contribution in [2.75, 3.05) is 0 Å². The molecule has 0 spiro atoms. The van der Waals surface area contributed by atoms with Crippen LogP contribution in [0, 0.1) is 17.0 Å². The number of carbonyl (C=O) groups excluding carboxylic acids is 1. The van der Waals surface area contributed by atoms with Crippen molar-refractivity contribution >= 4 is 17.8 Å². The lowest BCUT2D eigenvalue weighted by molar-refractivity contribution is -0.384. The Kier molecular flexibility index (Phi) is 5.19. The van der Waals surface area contributed by atoms with Crippen molar-refractivity contribution in [3.63, 3.8) is 0 Å². The Hall–Kier alpha value is -3.03. The Morgan fingerprint density at radius 3 is 2.70 bits per heavy atom. The molecule has 1 N–H and O–H groups in total. The van der Waals surface area contributed by atoms with Crippen LogP contribution in [0.3, 0.4) is 0 Å². The first-order chi connectivity index (χ1) is 11.0. The molecule has 0 saturated heterocycles.